The van der Waals surface area contributed by atoms with Crippen LogP contribution >= 0.6 is 0 Å². The lowest BCUT2D eigenvalue weighted by Crippen LogP contribution is -2.47. The maximum absolute atomic E-state index is 12.2. The largest absolute Gasteiger partial charge is 0.494 e. The van der Waals surface area contributed by atoms with E-state index >= 15 is 0 Å². The molecule has 1 saturated heterocycles. The van der Waals surface area contributed by atoms with Crippen molar-refractivity contribution in [3.05, 3.63) is 30.3 Å². The normalized spacial score (nSPS) is 17.7. The highest BCUT2D eigenvalue weighted by Crippen LogP contribution is 2.16. The molecular weight excluding hydrogens is 298 g/mol. The fraction of sp³-hybridized carbons (Fsp3) is 0.471. The van der Waals surface area contributed by atoms with Crippen molar-refractivity contribution in [1.82, 2.24) is 4.90 Å². The van der Waals surface area contributed by atoms with Gasteiger partial charge in [0, 0.05) is 25.9 Å². The molecule has 0 bridgehead atoms. The minimum atomic E-state index is -0.849. The van der Waals surface area contributed by atoms with Crippen LogP contribution in [0.5, 0.6) is 5.75 Å². The highest BCUT2D eigenvalue weighted by Gasteiger charge is 2.35. The summed E-state index contributed by atoms with van der Waals surface area (Å²) in [6.07, 6.45) is 1.11. The third-order valence-electron chi connectivity index (χ3n) is 3.81. The Balaban J connectivity index is 1.75. The summed E-state index contributed by atoms with van der Waals surface area (Å²) in [5, 5.41) is 0. The number of likely N-dealkylation sites (tertiary alicyclic amines) is 1. The Kier molecular flexibility index (Phi) is 6.14. The molecule has 1 aromatic rings. The van der Waals surface area contributed by atoms with Gasteiger partial charge in [-0.1, -0.05) is 18.2 Å². The molecule has 2 rings (SSSR count). The molecule has 0 N–H and O–H groups in total. The third-order valence-corrected chi connectivity index (χ3v) is 3.81. The van der Waals surface area contributed by atoms with E-state index in [1.165, 1.54) is 7.11 Å². The Hall–Kier alpha value is -2.37. The standard InChI is InChI=1S/C17H21NO5/c1-22-17(21)14-12-18(10-9-15(14)19)16(20)8-5-11-23-13-6-3-2-4-7-13/h2-4,6-7,14H,5,8-12H2,1H3. The molecule has 0 aliphatic carbocycles. The molecule has 1 fully saturated rings. The number of esters is 1. The fourth-order valence-electron chi connectivity index (χ4n) is 2.50. The second-order valence-corrected chi connectivity index (χ2v) is 5.40. The predicted molar refractivity (Wildman–Crippen MR) is 82.9 cm³/mol. The number of nitrogens with zero attached hydrogens (tertiary/aromatic N) is 1. The molecule has 23 heavy (non-hydrogen) atoms. The van der Waals surface area contributed by atoms with Crippen LogP contribution in [-0.2, 0) is 19.1 Å². The Bertz CT molecular complexity index is 549. The van der Waals surface area contributed by atoms with E-state index in [-0.39, 0.29) is 24.7 Å². The summed E-state index contributed by atoms with van der Waals surface area (Å²) < 4.78 is 10.2. The summed E-state index contributed by atoms with van der Waals surface area (Å²) in [5.74, 6) is -0.871. The number of carbonyl (C=O) groups is 3. The van der Waals surface area contributed by atoms with Crippen LogP contribution in [0.4, 0.5) is 0 Å². The fourth-order valence-corrected chi connectivity index (χ4v) is 2.50. The van der Waals surface area contributed by atoms with Gasteiger partial charge >= 0.3 is 5.97 Å². The van der Waals surface area contributed by atoms with Crippen LogP contribution in [0, 0.1) is 5.92 Å². The number of piperidine rings is 1. The van der Waals surface area contributed by atoms with E-state index in [4.69, 9.17) is 4.74 Å². The Labute approximate surface area is 135 Å². The first-order valence-corrected chi connectivity index (χ1v) is 7.68. The van der Waals surface area contributed by atoms with E-state index in [0.29, 0.717) is 26.0 Å². The highest BCUT2D eigenvalue weighted by molar-refractivity contribution is 6.00. The second kappa shape index (κ2) is 8.31. The quantitative estimate of drug-likeness (QED) is 0.451. The summed E-state index contributed by atoms with van der Waals surface area (Å²) in [4.78, 5) is 37.0. The number of ether oxygens (including phenoxy) is 2. The van der Waals surface area contributed by atoms with Gasteiger partial charge in [-0.2, -0.15) is 0 Å². The van der Waals surface area contributed by atoms with Crippen molar-refractivity contribution >= 4 is 17.7 Å². The van der Waals surface area contributed by atoms with Crippen LogP contribution in [0.15, 0.2) is 30.3 Å². The van der Waals surface area contributed by atoms with Crippen molar-refractivity contribution in [2.75, 3.05) is 26.8 Å². The van der Waals surface area contributed by atoms with Crippen molar-refractivity contribution < 1.29 is 23.9 Å². The minimum Gasteiger partial charge on any atom is -0.494 e. The lowest BCUT2D eigenvalue weighted by molar-refractivity contribution is -0.153. The zero-order valence-corrected chi connectivity index (χ0v) is 13.2. The SMILES string of the molecule is COC(=O)C1CN(C(=O)CCCOc2ccccc2)CCC1=O. The summed E-state index contributed by atoms with van der Waals surface area (Å²) in [6.45, 7) is 0.928. The molecule has 0 radical (unpaired) electrons. The number of rotatable bonds is 6. The third kappa shape index (κ3) is 4.81. The van der Waals surface area contributed by atoms with Gasteiger partial charge in [0.1, 0.15) is 11.7 Å². The van der Waals surface area contributed by atoms with Crippen LogP contribution in [0.2, 0.25) is 0 Å². The zero-order valence-electron chi connectivity index (χ0n) is 13.2. The van der Waals surface area contributed by atoms with Crippen LogP contribution in [0.1, 0.15) is 19.3 Å². The lowest BCUT2D eigenvalue weighted by Gasteiger charge is -2.30. The number of hydrogen-bond donors (Lipinski definition) is 0. The van der Waals surface area contributed by atoms with Gasteiger partial charge in [-0.15, -0.1) is 0 Å². The number of para-hydroxylation sites is 1. The smallest absolute Gasteiger partial charge is 0.318 e. The number of amides is 1. The second-order valence-electron chi connectivity index (χ2n) is 5.40. The molecular formula is C17H21NO5. The van der Waals surface area contributed by atoms with Gasteiger partial charge < -0.3 is 14.4 Å². The number of Topliss-reactive ketones (excluding diaryl/α,β-unsaturated/α-hetero) is 1. The van der Waals surface area contributed by atoms with E-state index in [0.717, 1.165) is 5.75 Å². The van der Waals surface area contributed by atoms with E-state index in [9.17, 15) is 14.4 Å². The summed E-state index contributed by atoms with van der Waals surface area (Å²) in [5.41, 5.74) is 0. The monoisotopic (exact) mass is 319 g/mol. The molecule has 1 aromatic carbocycles. The number of carbonyl (C=O) groups excluding carboxylic acids is 3. The van der Waals surface area contributed by atoms with Gasteiger partial charge in [0.25, 0.3) is 0 Å². The number of methoxy groups -OCH3 is 1. The highest BCUT2D eigenvalue weighted by atomic mass is 16.5. The summed E-state index contributed by atoms with van der Waals surface area (Å²) in [7, 11) is 1.25. The topological polar surface area (TPSA) is 72.9 Å². The molecule has 0 aromatic heterocycles. The van der Waals surface area contributed by atoms with E-state index in [2.05, 4.69) is 4.74 Å². The molecule has 1 aliphatic rings. The molecule has 124 valence electrons. The maximum atomic E-state index is 12.2. The molecule has 1 atom stereocenters. The number of hydrogen-bond acceptors (Lipinski definition) is 5. The van der Waals surface area contributed by atoms with Gasteiger partial charge in [0.2, 0.25) is 5.91 Å². The molecule has 6 nitrogen and oxygen atoms in total. The van der Waals surface area contributed by atoms with Crippen molar-refractivity contribution in [3.8, 4) is 5.75 Å². The zero-order chi connectivity index (χ0) is 16.7. The van der Waals surface area contributed by atoms with Crippen molar-refractivity contribution in [2.24, 2.45) is 5.92 Å². The van der Waals surface area contributed by atoms with E-state index < -0.39 is 11.9 Å². The maximum Gasteiger partial charge on any atom is 0.318 e. The molecule has 1 amide bonds. The van der Waals surface area contributed by atoms with E-state index in [1.54, 1.807) is 4.90 Å². The van der Waals surface area contributed by atoms with Crippen LogP contribution in [-0.4, -0.2) is 49.4 Å². The van der Waals surface area contributed by atoms with Gasteiger partial charge in [-0.25, -0.2) is 0 Å². The van der Waals surface area contributed by atoms with Crippen LogP contribution in [0.3, 0.4) is 0 Å². The van der Waals surface area contributed by atoms with Gasteiger partial charge in [0.05, 0.1) is 13.7 Å². The minimum absolute atomic E-state index is 0.0666. The predicted octanol–water partition coefficient (Wildman–Crippen LogP) is 1.44. The van der Waals surface area contributed by atoms with Crippen molar-refractivity contribution in [2.45, 2.75) is 19.3 Å². The van der Waals surface area contributed by atoms with E-state index in [1.807, 2.05) is 30.3 Å². The van der Waals surface area contributed by atoms with Crippen LogP contribution < -0.4 is 4.74 Å². The molecule has 1 aliphatic heterocycles. The Morgan fingerprint density at radius 1 is 1.26 bits per heavy atom. The molecule has 0 spiro atoms. The van der Waals surface area contributed by atoms with Gasteiger partial charge in [-0.05, 0) is 18.6 Å². The lowest BCUT2D eigenvalue weighted by atomic mass is 9.96. The Morgan fingerprint density at radius 2 is 2.00 bits per heavy atom. The molecule has 1 unspecified atom stereocenters. The first-order valence-electron chi connectivity index (χ1n) is 7.68. The average Bonchev–Trinajstić information content (AvgIpc) is 2.59. The van der Waals surface area contributed by atoms with Crippen molar-refractivity contribution in [1.29, 1.82) is 0 Å². The molecule has 6 heteroatoms. The summed E-state index contributed by atoms with van der Waals surface area (Å²) in [6, 6.07) is 9.40. The van der Waals surface area contributed by atoms with Gasteiger partial charge in [-0.3, -0.25) is 14.4 Å². The Morgan fingerprint density at radius 3 is 2.70 bits per heavy atom. The molecule has 1 heterocycles. The number of ketones is 1. The van der Waals surface area contributed by atoms with Crippen LogP contribution in [0.25, 0.3) is 0 Å². The van der Waals surface area contributed by atoms with Crippen molar-refractivity contribution in [3.63, 3.8) is 0 Å². The molecule has 0 saturated carbocycles. The summed E-state index contributed by atoms with van der Waals surface area (Å²) >= 11 is 0. The number of benzene rings is 1. The first-order chi connectivity index (χ1) is 11.1. The van der Waals surface area contributed by atoms with Gasteiger partial charge in [0.15, 0.2) is 5.78 Å². The average molecular weight is 319 g/mol. The first kappa shape index (κ1) is 17.0.